The smallest absolute Gasteiger partial charge is 0.341 e. The average molecular weight is 476 g/mol. The highest BCUT2D eigenvalue weighted by Crippen LogP contribution is 2.30. The van der Waals surface area contributed by atoms with Gasteiger partial charge in [-0.25, -0.2) is 17.2 Å². The lowest BCUT2D eigenvalue weighted by Gasteiger charge is -2.32. The molecule has 0 N–H and O–H groups in total. The summed E-state index contributed by atoms with van der Waals surface area (Å²) in [5.41, 5.74) is -0.239. The van der Waals surface area contributed by atoms with E-state index in [1.807, 2.05) is 0 Å². The molecule has 0 aromatic heterocycles. The van der Waals surface area contributed by atoms with E-state index in [1.165, 1.54) is 24.1 Å². The Bertz CT molecular complexity index is 1080. The van der Waals surface area contributed by atoms with Crippen LogP contribution in [0, 0.1) is 17.6 Å². The highest BCUT2D eigenvalue weighted by molar-refractivity contribution is 7.89. The number of sulfonamides is 1. The third-order valence-electron chi connectivity index (χ3n) is 5.41. The number of benzene rings is 2. The van der Waals surface area contributed by atoms with Crippen LogP contribution in [0.25, 0.3) is 0 Å². The molecule has 0 unspecified atom stereocenters. The maximum absolute atomic E-state index is 13.4. The molecule has 2 aromatic carbocycles. The van der Waals surface area contributed by atoms with E-state index in [9.17, 15) is 35.2 Å². The first-order valence-corrected chi connectivity index (χ1v) is 11.2. The normalized spacial score (nSPS) is 16.2. The summed E-state index contributed by atoms with van der Waals surface area (Å²) in [5, 5.41) is 0. The molecule has 1 saturated heterocycles. The summed E-state index contributed by atoms with van der Waals surface area (Å²) in [6.45, 7) is 0.183. The standard InChI is InChI=1S/C21H21F5N2O3S/c1-27(13-14-2-4-16(5-3-14)21(24,25)26)20(29)15-8-10-28(11-9-15)32(30,31)17-6-7-18(22)19(23)12-17/h2-7,12,15H,8-11,13H2,1H3. The zero-order chi connectivity index (χ0) is 23.7. The maximum atomic E-state index is 13.4. The van der Waals surface area contributed by atoms with Gasteiger partial charge in [-0.1, -0.05) is 12.1 Å². The second-order valence-electron chi connectivity index (χ2n) is 7.64. The summed E-state index contributed by atoms with van der Waals surface area (Å²) in [4.78, 5) is 13.8. The summed E-state index contributed by atoms with van der Waals surface area (Å²) >= 11 is 0. The highest BCUT2D eigenvalue weighted by Gasteiger charge is 2.34. The van der Waals surface area contributed by atoms with Crippen LogP contribution >= 0.6 is 0 Å². The van der Waals surface area contributed by atoms with Crippen molar-refractivity contribution in [2.75, 3.05) is 20.1 Å². The largest absolute Gasteiger partial charge is 0.416 e. The van der Waals surface area contributed by atoms with E-state index in [-0.39, 0.29) is 43.3 Å². The predicted molar refractivity (Wildman–Crippen MR) is 106 cm³/mol. The minimum absolute atomic E-state index is 0.0336. The highest BCUT2D eigenvalue weighted by atomic mass is 32.2. The quantitative estimate of drug-likeness (QED) is 0.612. The van der Waals surface area contributed by atoms with Gasteiger partial charge in [-0.2, -0.15) is 17.5 Å². The van der Waals surface area contributed by atoms with Crippen LogP contribution < -0.4 is 0 Å². The van der Waals surface area contributed by atoms with Gasteiger partial charge in [-0.3, -0.25) is 4.79 Å². The van der Waals surface area contributed by atoms with Crippen LogP contribution in [-0.4, -0.2) is 43.7 Å². The van der Waals surface area contributed by atoms with Gasteiger partial charge in [0, 0.05) is 32.6 Å². The minimum atomic E-state index is -4.44. The lowest BCUT2D eigenvalue weighted by Crippen LogP contribution is -2.43. The van der Waals surface area contributed by atoms with E-state index >= 15 is 0 Å². The van der Waals surface area contributed by atoms with E-state index in [2.05, 4.69) is 0 Å². The summed E-state index contributed by atoms with van der Waals surface area (Å²) in [5.74, 6) is -3.11. The number of nitrogens with zero attached hydrogens (tertiary/aromatic N) is 2. The van der Waals surface area contributed by atoms with Crippen molar-refractivity contribution in [3.63, 3.8) is 0 Å². The van der Waals surface area contributed by atoms with Crippen LogP contribution in [0.1, 0.15) is 24.0 Å². The molecule has 1 heterocycles. The number of carbonyl (C=O) groups is 1. The molecule has 1 fully saturated rings. The molecule has 32 heavy (non-hydrogen) atoms. The van der Waals surface area contributed by atoms with E-state index in [4.69, 9.17) is 0 Å². The van der Waals surface area contributed by atoms with Crippen molar-refractivity contribution in [3.05, 3.63) is 65.2 Å². The molecular weight excluding hydrogens is 455 g/mol. The van der Waals surface area contributed by atoms with Gasteiger partial charge in [0.25, 0.3) is 0 Å². The molecule has 0 spiro atoms. The lowest BCUT2D eigenvalue weighted by atomic mass is 9.96. The number of hydrogen-bond donors (Lipinski definition) is 0. The van der Waals surface area contributed by atoms with E-state index in [1.54, 1.807) is 0 Å². The molecule has 0 atom stereocenters. The van der Waals surface area contributed by atoms with Crippen molar-refractivity contribution in [1.82, 2.24) is 9.21 Å². The summed E-state index contributed by atoms with van der Waals surface area (Å²) in [6, 6.07) is 6.88. The van der Waals surface area contributed by atoms with Crippen LogP contribution in [0.3, 0.4) is 0 Å². The number of alkyl halides is 3. The number of rotatable bonds is 5. The van der Waals surface area contributed by atoms with E-state index < -0.39 is 39.3 Å². The Hall–Kier alpha value is -2.53. The van der Waals surface area contributed by atoms with Gasteiger partial charge in [0.15, 0.2) is 11.6 Å². The summed E-state index contributed by atoms with van der Waals surface area (Å²) in [7, 11) is -2.49. The van der Waals surface area contributed by atoms with Crippen LogP contribution in [0.15, 0.2) is 47.4 Å². The van der Waals surface area contributed by atoms with Gasteiger partial charge in [0.1, 0.15) is 0 Å². The molecule has 3 rings (SSSR count). The molecule has 5 nitrogen and oxygen atoms in total. The second-order valence-corrected chi connectivity index (χ2v) is 9.58. The maximum Gasteiger partial charge on any atom is 0.416 e. The first-order chi connectivity index (χ1) is 14.9. The Morgan fingerprint density at radius 3 is 2.16 bits per heavy atom. The van der Waals surface area contributed by atoms with Gasteiger partial charge in [-0.15, -0.1) is 0 Å². The predicted octanol–water partition coefficient (Wildman–Crippen LogP) is 4.04. The van der Waals surface area contributed by atoms with Gasteiger partial charge in [-0.05, 0) is 48.7 Å². The van der Waals surface area contributed by atoms with Crippen molar-refractivity contribution in [1.29, 1.82) is 0 Å². The Morgan fingerprint density at radius 1 is 1.03 bits per heavy atom. The fourth-order valence-corrected chi connectivity index (χ4v) is 5.07. The number of piperidine rings is 1. The lowest BCUT2D eigenvalue weighted by molar-refractivity contribution is -0.138. The monoisotopic (exact) mass is 476 g/mol. The Kier molecular flexibility index (Phi) is 6.89. The molecule has 1 aliphatic rings. The third kappa shape index (κ3) is 5.26. The van der Waals surface area contributed by atoms with Gasteiger partial charge < -0.3 is 4.90 Å². The van der Waals surface area contributed by atoms with Crippen molar-refractivity contribution < 1.29 is 35.2 Å². The Labute approximate surface area is 182 Å². The van der Waals surface area contributed by atoms with Gasteiger partial charge in [0.2, 0.25) is 15.9 Å². The molecule has 0 aliphatic carbocycles. The topological polar surface area (TPSA) is 57.7 Å². The molecule has 0 saturated carbocycles. The van der Waals surface area contributed by atoms with Crippen molar-refractivity contribution in [2.24, 2.45) is 5.92 Å². The molecule has 11 heteroatoms. The van der Waals surface area contributed by atoms with Crippen molar-refractivity contribution >= 4 is 15.9 Å². The third-order valence-corrected chi connectivity index (χ3v) is 7.30. The molecule has 1 aliphatic heterocycles. The summed E-state index contributed by atoms with van der Waals surface area (Å²) in [6.07, 6.45) is -3.97. The number of carbonyl (C=O) groups excluding carboxylic acids is 1. The van der Waals surface area contributed by atoms with E-state index in [0.29, 0.717) is 11.6 Å². The SMILES string of the molecule is CN(Cc1ccc(C(F)(F)F)cc1)C(=O)C1CCN(S(=O)(=O)c2ccc(F)c(F)c2)CC1. The Balaban J connectivity index is 1.59. The molecular formula is C21H21F5N2O3S. The fraction of sp³-hybridized carbons (Fsp3) is 0.381. The van der Waals surface area contributed by atoms with Crippen molar-refractivity contribution in [3.8, 4) is 0 Å². The van der Waals surface area contributed by atoms with Crippen LogP contribution in [0.2, 0.25) is 0 Å². The molecule has 1 amide bonds. The van der Waals surface area contributed by atoms with E-state index in [0.717, 1.165) is 28.6 Å². The van der Waals surface area contributed by atoms with Crippen molar-refractivity contribution in [2.45, 2.75) is 30.5 Å². The van der Waals surface area contributed by atoms with Crippen LogP contribution in [0.5, 0.6) is 0 Å². The zero-order valence-corrected chi connectivity index (χ0v) is 17.9. The van der Waals surface area contributed by atoms with Crippen LogP contribution in [0.4, 0.5) is 22.0 Å². The average Bonchev–Trinajstić information content (AvgIpc) is 2.75. The molecule has 174 valence electrons. The second kappa shape index (κ2) is 9.14. The molecule has 0 bridgehead atoms. The fourth-order valence-electron chi connectivity index (χ4n) is 3.59. The first kappa shape index (κ1) is 24.1. The minimum Gasteiger partial charge on any atom is -0.341 e. The summed E-state index contributed by atoms with van der Waals surface area (Å²) < 4.78 is 91.0. The first-order valence-electron chi connectivity index (χ1n) is 9.76. The molecule has 2 aromatic rings. The molecule has 0 radical (unpaired) electrons. The van der Waals surface area contributed by atoms with Gasteiger partial charge in [0.05, 0.1) is 10.5 Å². The van der Waals surface area contributed by atoms with Crippen LogP contribution in [-0.2, 0) is 27.5 Å². The number of halogens is 5. The Morgan fingerprint density at radius 2 is 1.62 bits per heavy atom. The number of amides is 1. The van der Waals surface area contributed by atoms with Gasteiger partial charge >= 0.3 is 6.18 Å². The zero-order valence-electron chi connectivity index (χ0n) is 17.1. The number of hydrogen-bond acceptors (Lipinski definition) is 3.